The third-order valence-electron chi connectivity index (χ3n) is 6.20. The van der Waals surface area contributed by atoms with Gasteiger partial charge in [0.05, 0.1) is 47.4 Å². The van der Waals surface area contributed by atoms with Gasteiger partial charge in [-0.1, -0.05) is 48.5 Å². The van der Waals surface area contributed by atoms with E-state index in [1.807, 2.05) is 0 Å². The highest BCUT2D eigenvalue weighted by Crippen LogP contribution is 2.40. The summed E-state index contributed by atoms with van der Waals surface area (Å²) in [4.78, 5) is 32.2. The summed E-state index contributed by atoms with van der Waals surface area (Å²) in [5.41, 5.74) is -0.336. The van der Waals surface area contributed by atoms with Gasteiger partial charge in [-0.3, -0.25) is 4.79 Å². The van der Waals surface area contributed by atoms with Crippen LogP contribution in [0.15, 0.2) is 77.8 Å². The fourth-order valence-corrected chi connectivity index (χ4v) is 4.35. The number of benzene rings is 3. The smallest absolute Gasteiger partial charge is 0.421 e. The highest BCUT2D eigenvalue weighted by molar-refractivity contribution is 6.23. The molecule has 0 spiro atoms. The van der Waals surface area contributed by atoms with Crippen molar-refractivity contribution < 1.29 is 32.6 Å². The van der Waals surface area contributed by atoms with Crippen molar-refractivity contribution in [1.29, 1.82) is 0 Å². The van der Waals surface area contributed by atoms with Gasteiger partial charge in [0.2, 0.25) is 11.8 Å². The van der Waals surface area contributed by atoms with E-state index < -0.39 is 29.6 Å². The molecular formula is C29H27F3N4O4. The number of para-hydroxylation sites is 1. The fourth-order valence-electron chi connectivity index (χ4n) is 4.35. The summed E-state index contributed by atoms with van der Waals surface area (Å²) in [6, 6.07) is 18.6. The number of fused-ring (bicyclic) bond motifs is 1. The number of anilines is 1. The first-order valence-electron chi connectivity index (χ1n) is 12.1. The van der Waals surface area contributed by atoms with Gasteiger partial charge in [-0.25, -0.2) is 14.4 Å². The standard InChI is InChI=1S/C29H27F3N4O4/c1-34(2)17-24(37)35(3)23-15-14-19(16-21(23)29(30,31)32)33-26(18-10-6-5-7-11-18)25-20-12-8-9-13-22(20)36(27(25)38)28(39)40-4/h5-16,38H,17H2,1-4H3. The molecule has 0 saturated carbocycles. The lowest BCUT2D eigenvalue weighted by molar-refractivity contribution is -0.137. The Morgan fingerprint density at radius 3 is 2.25 bits per heavy atom. The van der Waals surface area contributed by atoms with Crippen LogP contribution in [0, 0.1) is 0 Å². The average Bonchev–Trinajstić information content (AvgIpc) is 3.21. The van der Waals surface area contributed by atoms with Crippen molar-refractivity contribution in [2.24, 2.45) is 4.99 Å². The Kier molecular flexibility index (Phi) is 7.96. The fraction of sp³-hybridized carbons (Fsp3) is 0.207. The normalized spacial score (nSPS) is 12.2. The molecule has 0 bridgehead atoms. The summed E-state index contributed by atoms with van der Waals surface area (Å²) in [6.07, 6.45) is -5.63. The number of aromatic hydroxyl groups is 1. The van der Waals surface area contributed by atoms with E-state index in [1.54, 1.807) is 73.6 Å². The van der Waals surface area contributed by atoms with Gasteiger partial charge < -0.3 is 19.6 Å². The summed E-state index contributed by atoms with van der Waals surface area (Å²) in [6.45, 7) is -0.0740. The lowest BCUT2D eigenvalue weighted by Gasteiger charge is -2.23. The number of methoxy groups -OCH3 is 1. The number of hydrogen-bond acceptors (Lipinski definition) is 6. The van der Waals surface area contributed by atoms with Gasteiger partial charge in [0, 0.05) is 18.0 Å². The van der Waals surface area contributed by atoms with E-state index in [4.69, 9.17) is 4.74 Å². The third kappa shape index (κ3) is 5.55. The number of ether oxygens (including phenoxy) is 1. The largest absolute Gasteiger partial charge is 0.494 e. The number of halogens is 3. The van der Waals surface area contributed by atoms with Crippen LogP contribution in [-0.2, 0) is 15.7 Å². The second-order valence-corrected chi connectivity index (χ2v) is 9.24. The summed E-state index contributed by atoms with van der Waals surface area (Å²) in [7, 11) is 5.75. The van der Waals surface area contributed by atoms with Crippen molar-refractivity contribution in [3.05, 3.63) is 89.5 Å². The average molecular weight is 553 g/mol. The van der Waals surface area contributed by atoms with Gasteiger partial charge in [-0.2, -0.15) is 13.2 Å². The molecule has 1 heterocycles. The molecule has 3 aromatic carbocycles. The van der Waals surface area contributed by atoms with Crippen molar-refractivity contribution in [2.45, 2.75) is 6.18 Å². The van der Waals surface area contributed by atoms with Gasteiger partial charge in [-0.05, 0) is 38.4 Å². The number of carbonyl (C=O) groups excluding carboxylic acids is 2. The lowest BCUT2D eigenvalue weighted by atomic mass is 10.0. The Bertz CT molecular complexity index is 1590. The van der Waals surface area contributed by atoms with Crippen molar-refractivity contribution in [3.63, 3.8) is 0 Å². The lowest BCUT2D eigenvalue weighted by Crippen LogP contribution is -2.36. The van der Waals surface area contributed by atoms with Crippen LogP contribution >= 0.6 is 0 Å². The Morgan fingerprint density at radius 2 is 1.62 bits per heavy atom. The second kappa shape index (κ2) is 11.2. The van der Waals surface area contributed by atoms with E-state index in [0.717, 1.165) is 15.5 Å². The highest BCUT2D eigenvalue weighted by atomic mass is 19.4. The van der Waals surface area contributed by atoms with Gasteiger partial charge in [0.25, 0.3) is 0 Å². The van der Waals surface area contributed by atoms with E-state index in [9.17, 15) is 27.9 Å². The first kappa shape index (κ1) is 28.4. The van der Waals surface area contributed by atoms with Crippen molar-refractivity contribution in [1.82, 2.24) is 9.47 Å². The van der Waals surface area contributed by atoms with Crippen LogP contribution in [0.2, 0.25) is 0 Å². The van der Waals surface area contributed by atoms with Crippen LogP contribution in [0.1, 0.15) is 16.7 Å². The Balaban J connectivity index is 1.97. The van der Waals surface area contributed by atoms with Crippen molar-refractivity contribution in [2.75, 3.05) is 39.7 Å². The number of amides is 1. The molecule has 208 valence electrons. The second-order valence-electron chi connectivity index (χ2n) is 9.24. The molecule has 0 radical (unpaired) electrons. The van der Waals surface area contributed by atoms with E-state index in [1.165, 1.54) is 26.3 Å². The molecule has 0 atom stereocenters. The zero-order valence-electron chi connectivity index (χ0n) is 22.2. The Hall–Kier alpha value is -4.64. The molecule has 1 N–H and O–H groups in total. The maximum absolute atomic E-state index is 14.2. The Morgan fingerprint density at radius 1 is 0.975 bits per heavy atom. The minimum absolute atomic E-state index is 0.0716. The van der Waals surface area contributed by atoms with Crippen LogP contribution in [-0.4, -0.2) is 67.1 Å². The number of nitrogens with zero attached hydrogens (tertiary/aromatic N) is 4. The highest BCUT2D eigenvalue weighted by Gasteiger charge is 2.36. The SMILES string of the molecule is COC(=O)n1c(O)c(C(=Nc2ccc(N(C)C(=O)CN(C)C)c(C(F)(F)F)c2)c2ccccc2)c2ccccc21. The molecule has 1 amide bonds. The molecule has 0 fully saturated rings. The molecule has 4 aromatic rings. The van der Waals surface area contributed by atoms with E-state index in [-0.39, 0.29) is 29.2 Å². The first-order valence-corrected chi connectivity index (χ1v) is 12.1. The molecular weight excluding hydrogens is 525 g/mol. The van der Waals surface area contributed by atoms with Gasteiger partial charge in [0.15, 0.2) is 0 Å². The molecule has 0 aliphatic rings. The Labute approximate surface area is 228 Å². The van der Waals surface area contributed by atoms with Crippen LogP contribution in [0.5, 0.6) is 5.88 Å². The molecule has 8 nitrogen and oxygen atoms in total. The summed E-state index contributed by atoms with van der Waals surface area (Å²) >= 11 is 0. The van der Waals surface area contributed by atoms with E-state index in [0.29, 0.717) is 16.5 Å². The minimum Gasteiger partial charge on any atom is -0.494 e. The van der Waals surface area contributed by atoms with E-state index >= 15 is 0 Å². The molecule has 1 aromatic heterocycles. The maximum atomic E-state index is 14.2. The number of aromatic nitrogens is 1. The predicted molar refractivity (Wildman–Crippen MR) is 147 cm³/mol. The number of alkyl halides is 3. The number of hydrogen-bond donors (Lipinski definition) is 1. The summed E-state index contributed by atoms with van der Waals surface area (Å²) < 4.78 is 48.4. The monoisotopic (exact) mass is 552 g/mol. The molecule has 40 heavy (non-hydrogen) atoms. The third-order valence-corrected chi connectivity index (χ3v) is 6.20. The molecule has 0 unspecified atom stereocenters. The molecule has 4 rings (SSSR count). The van der Waals surface area contributed by atoms with Crippen LogP contribution in [0.25, 0.3) is 10.9 Å². The van der Waals surface area contributed by atoms with E-state index in [2.05, 4.69) is 4.99 Å². The van der Waals surface area contributed by atoms with Crippen molar-refractivity contribution in [3.8, 4) is 5.88 Å². The first-order chi connectivity index (χ1) is 18.9. The minimum atomic E-state index is -4.79. The zero-order valence-corrected chi connectivity index (χ0v) is 22.2. The van der Waals surface area contributed by atoms with Gasteiger partial charge >= 0.3 is 12.3 Å². The van der Waals surface area contributed by atoms with Crippen LogP contribution < -0.4 is 4.90 Å². The number of carbonyl (C=O) groups is 2. The predicted octanol–water partition coefficient (Wildman–Crippen LogP) is 5.67. The topological polar surface area (TPSA) is 87.4 Å². The van der Waals surface area contributed by atoms with Crippen LogP contribution in [0.3, 0.4) is 0 Å². The molecule has 0 saturated heterocycles. The number of rotatable bonds is 6. The summed E-state index contributed by atoms with van der Waals surface area (Å²) in [5, 5.41) is 11.7. The van der Waals surface area contributed by atoms with Gasteiger partial charge in [0.1, 0.15) is 0 Å². The zero-order chi connectivity index (χ0) is 29.2. The maximum Gasteiger partial charge on any atom is 0.421 e. The quantitative estimate of drug-likeness (QED) is 0.312. The van der Waals surface area contributed by atoms with Crippen LogP contribution in [0.4, 0.5) is 29.3 Å². The molecule has 11 heteroatoms. The van der Waals surface area contributed by atoms with Gasteiger partial charge in [-0.15, -0.1) is 0 Å². The number of aliphatic imine (C=N–C) groups is 1. The van der Waals surface area contributed by atoms with Crippen molar-refractivity contribution >= 4 is 40.0 Å². The molecule has 0 aliphatic carbocycles. The molecule has 0 aliphatic heterocycles. The summed E-state index contributed by atoms with van der Waals surface area (Å²) in [5.74, 6) is -0.991. The number of likely N-dealkylation sites (N-methyl/N-ethyl adjacent to an activating group) is 2.